The summed E-state index contributed by atoms with van der Waals surface area (Å²) in [4.78, 5) is 12.6. The third-order valence-corrected chi connectivity index (χ3v) is 7.56. The number of nitrogens with one attached hydrogen (secondary N) is 1. The van der Waals surface area contributed by atoms with Crippen molar-refractivity contribution in [1.82, 2.24) is 5.32 Å². The highest BCUT2D eigenvalue weighted by molar-refractivity contribution is 5.76. The molecule has 4 N–H and O–H groups in total. The van der Waals surface area contributed by atoms with E-state index in [1.165, 1.54) is 11.6 Å². The number of hydrogen-bond donors (Lipinski definition) is 4. The van der Waals surface area contributed by atoms with Crippen molar-refractivity contribution in [2.75, 3.05) is 13.1 Å². The van der Waals surface area contributed by atoms with Gasteiger partial charge >= 0.3 is 5.97 Å². The molecule has 1 heterocycles. The van der Waals surface area contributed by atoms with Gasteiger partial charge in [-0.25, -0.2) is 0 Å². The van der Waals surface area contributed by atoms with Gasteiger partial charge in [-0.05, 0) is 49.4 Å². The van der Waals surface area contributed by atoms with Crippen LogP contribution < -0.4 is 5.32 Å². The van der Waals surface area contributed by atoms with Gasteiger partial charge in [-0.15, -0.1) is 0 Å². The molecule has 29 heavy (non-hydrogen) atoms. The highest BCUT2D eigenvalue weighted by Gasteiger charge is 2.59. The number of benzene rings is 1. The molecule has 6 heteroatoms. The molecule has 1 aromatic carbocycles. The average Bonchev–Trinajstić information content (AvgIpc) is 2.99. The molecule has 0 amide bonds. The Hall–Kier alpha value is -2.05. The minimum Gasteiger partial charge on any atom is -0.504 e. The van der Waals surface area contributed by atoms with Gasteiger partial charge in [0.15, 0.2) is 11.5 Å². The number of esters is 1. The van der Waals surface area contributed by atoms with Crippen LogP contribution >= 0.6 is 0 Å². The molecular weight excluding hydrogens is 370 g/mol. The molecule has 1 saturated carbocycles. The molecule has 0 bridgehead atoms. The van der Waals surface area contributed by atoms with Crippen molar-refractivity contribution in [2.45, 2.75) is 51.7 Å². The standard InChI is InChI=1S/C23H31NO5/c1-13-4-3-5-15-11-19-20(21(27)23(13,15)2)16(22(28)29-19)12-24-9-8-14-6-7-17(25)18(26)10-14/h5-7,10,13,16,19-21,24-27H,3-4,8-9,11-12H2,1-2H3/t13-,16-,19+,20+,21+,23+/m0/s1. The molecule has 3 aliphatic rings. The third-order valence-electron chi connectivity index (χ3n) is 7.56. The predicted molar refractivity (Wildman–Crippen MR) is 108 cm³/mol. The van der Waals surface area contributed by atoms with E-state index in [2.05, 4.69) is 25.2 Å². The number of carbonyl (C=O) groups is 1. The second-order valence-corrected chi connectivity index (χ2v) is 9.08. The van der Waals surface area contributed by atoms with Crippen molar-refractivity contribution in [2.24, 2.45) is 23.2 Å². The normalized spacial score (nSPS) is 36.2. The number of ether oxygens (including phenoxy) is 1. The molecule has 4 rings (SSSR count). The number of hydrogen-bond acceptors (Lipinski definition) is 6. The van der Waals surface area contributed by atoms with Gasteiger partial charge < -0.3 is 25.4 Å². The maximum Gasteiger partial charge on any atom is 0.311 e. The van der Waals surface area contributed by atoms with Crippen LogP contribution in [-0.2, 0) is 16.0 Å². The highest BCUT2D eigenvalue weighted by atomic mass is 16.6. The zero-order chi connectivity index (χ0) is 20.8. The molecular formula is C23H31NO5. The lowest BCUT2D eigenvalue weighted by Gasteiger charge is -2.51. The van der Waals surface area contributed by atoms with Crippen molar-refractivity contribution in [3.05, 3.63) is 35.4 Å². The van der Waals surface area contributed by atoms with Crippen LogP contribution in [0.25, 0.3) is 0 Å². The van der Waals surface area contributed by atoms with Crippen molar-refractivity contribution in [1.29, 1.82) is 0 Å². The minimum absolute atomic E-state index is 0.131. The Morgan fingerprint density at radius 1 is 1.28 bits per heavy atom. The van der Waals surface area contributed by atoms with Crippen LogP contribution in [0.5, 0.6) is 11.5 Å². The van der Waals surface area contributed by atoms with Crippen molar-refractivity contribution >= 4 is 5.97 Å². The van der Waals surface area contributed by atoms with E-state index in [0.717, 1.165) is 24.8 Å². The predicted octanol–water partition coefficient (Wildman–Crippen LogP) is 2.51. The van der Waals surface area contributed by atoms with E-state index < -0.39 is 6.10 Å². The van der Waals surface area contributed by atoms with E-state index in [1.54, 1.807) is 12.1 Å². The third kappa shape index (κ3) is 3.42. The monoisotopic (exact) mass is 401 g/mol. The molecule has 1 aromatic rings. The number of phenols is 2. The van der Waals surface area contributed by atoms with Crippen molar-refractivity contribution < 1.29 is 24.9 Å². The first-order valence-electron chi connectivity index (χ1n) is 10.6. The van der Waals surface area contributed by atoms with Crippen LogP contribution in [0.15, 0.2) is 29.8 Å². The maximum atomic E-state index is 12.6. The summed E-state index contributed by atoms with van der Waals surface area (Å²) in [6.07, 6.45) is 4.91. The van der Waals surface area contributed by atoms with Gasteiger partial charge in [0.05, 0.1) is 12.0 Å². The molecule has 0 aromatic heterocycles. The average molecular weight is 402 g/mol. The fraction of sp³-hybridized carbons (Fsp3) is 0.609. The van der Waals surface area contributed by atoms with E-state index in [4.69, 9.17) is 4.74 Å². The summed E-state index contributed by atoms with van der Waals surface area (Å²) in [6.45, 7) is 5.44. The Morgan fingerprint density at radius 3 is 2.83 bits per heavy atom. The second kappa shape index (κ2) is 7.65. The van der Waals surface area contributed by atoms with Gasteiger partial charge in [-0.3, -0.25) is 4.79 Å². The molecule has 2 aliphatic carbocycles. The van der Waals surface area contributed by atoms with Gasteiger partial charge in [0.1, 0.15) is 6.10 Å². The van der Waals surface area contributed by atoms with Crippen molar-refractivity contribution in [3.8, 4) is 11.5 Å². The van der Waals surface area contributed by atoms with Crippen LogP contribution in [0.1, 0.15) is 38.7 Å². The quantitative estimate of drug-likeness (QED) is 0.262. The van der Waals surface area contributed by atoms with Crippen LogP contribution in [0, 0.1) is 23.2 Å². The van der Waals surface area contributed by atoms with Gasteiger partial charge in [0.25, 0.3) is 0 Å². The molecule has 0 spiro atoms. The Morgan fingerprint density at radius 2 is 2.07 bits per heavy atom. The van der Waals surface area contributed by atoms with E-state index in [-0.39, 0.29) is 40.8 Å². The largest absolute Gasteiger partial charge is 0.504 e. The summed E-state index contributed by atoms with van der Waals surface area (Å²) in [5, 5.41) is 33.6. The van der Waals surface area contributed by atoms with Gasteiger partial charge in [0.2, 0.25) is 0 Å². The number of aliphatic hydroxyl groups is 1. The van der Waals surface area contributed by atoms with Gasteiger partial charge in [-0.2, -0.15) is 0 Å². The number of phenolic OH excluding ortho intramolecular Hbond substituents is 2. The topological polar surface area (TPSA) is 99.0 Å². The molecule has 1 saturated heterocycles. The van der Waals surface area contributed by atoms with Crippen molar-refractivity contribution in [3.63, 3.8) is 0 Å². The van der Waals surface area contributed by atoms with Gasteiger partial charge in [0, 0.05) is 24.3 Å². The van der Waals surface area contributed by atoms with E-state index in [0.29, 0.717) is 25.4 Å². The van der Waals surface area contributed by atoms with Crippen LogP contribution in [0.2, 0.25) is 0 Å². The zero-order valence-electron chi connectivity index (χ0n) is 17.1. The molecule has 158 valence electrons. The van der Waals surface area contributed by atoms with Crippen LogP contribution in [0.3, 0.4) is 0 Å². The molecule has 0 radical (unpaired) electrons. The molecule has 0 unspecified atom stereocenters. The minimum atomic E-state index is -0.588. The first-order valence-corrected chi connectivity index (χ1v) is 10.6. The maximum absolute atomic E-state index is 12.6. The van der Waals surface area contributed by atoms with Crippen LogP contribution in [0.4, 0.5) is 0 Å². The van der Waals surface area contributed by atoms with Gasteiger partial charge in [-0.1, -0.05) is 31.6 Å². The number of allylic oxidation sites excluding steroid dienone is 1. The molecule has 2 fully saturated rings. The smallest absolute Gasteiger partial charge is 0.311 e. The molecule has 1 aliphatic heterocycles. The Bertz CT molecular complexity index is 821. The summed E-state index contributed by atoms with van der Waals surface area (Å²) < 4.78 is 5.68. The van der Waals surface area contributed by atoms with E-state index in [1.807, 2.05) is 0 Å². The van der Waals surface area contributed by atoms with Crippen LogP contribution in [-0.4, -0.2) is 46.6 Å². The SMILES string of the molecule is C[C@H]1CCC=C2C[C@H]3OC(=O)[C@@H](CNCCc4ccc(O)c(O)c4)[C@H]3[C@@H](O)[C@@]21C. The first kappa shape index (κ1) is 20.2. The summed E-state index contributed by atoms with van der Waals surface area (Å²) in [7, 11) is 0. The number of carbonyl (C=O) groups excluding carboxylic acids is 1. The van der Waals surface area contributed by atoms with E-state index in [9.17, 15) is 20.1 Å². The molecule has 6 nitrogen and oxygen atoms in total. The number of fused-ring (bicyclic) bond motifs is 2. The summed E-state index contributed by atoms with van der Waals surface area (Å²) in [5.41, 5.74) is 1.86. The molecule has 6 atom stereocenters. The fourth-order valence-corrected chi connectivity index (χ4v) is 5.51. The Labute approximate surface area is 171 Å². The van der Waals surface area contributed by atoms with E-state index >= 15 is 0 Å². The number of aliphatic hydroxyl groups excluding tert-OH is 1. The highest BCUT2D eigenvalue weighted by Crippen LogP contribution is 2.55. The summed E-state index contributed by atoms with van der Waals surface area (Å²) >= 11 is 0. The fourth-order valence-electron chi connectivity index (χ4n) is 5.51. The Kier molecular flexibility index (Phi) is 5.34. The number of rotatable bonds is 5. The lowest BCUT2D eigenvalue weighted by atomic mass is 9.55. The number of aromatic hydroxyl groups is 2. The zero-order valence-corrected chi connectivity index (χ0v) is 17.1. The second-order valence-electron chi connectivity index (χ2n) is 9.08. The first-order chi connectivity index (χ1) is 13.8. The Balaban J connectivity index is 1.40. The summed E-state index contributed by atoms with van der Waals surface area (Å²) in [6, 6.07) is 4.78. The lowest BCUT2D eigenvalue weighted by Crippen LogP contribution is -2.54. The lowest BCUT2D eigenvalue weighted by molar-refractivity contribution is -0.144. The summed E-state index contributed by atoms with van der Waals surface area (Å²) in [5.74, 6) is -0.638.